The fourth-order valence-electron chi connectivity index (χ4n) is 2.37. The van der Waals surface area contributed by atoms with Gasteiger partial charge in [-0.05, 0) is 25.0 Å². The van der Waals surface area contributed by atoms with Crippen LogP contribution in [-0.4, -0.2) is 43.8 Å². The van der Waals surface area contributed by atoms with Crippen LogP contribution in [0.3, 0.4) is 0 Å². The first-order chi connectivity index (χ1) is 9.52. The van der Waals surface area contributed by atoms with Crippen molar-refractivity contribution >= 4 is 17.9 Å². The molecule has 1 fully saturated rings. The number of hydrogen-bond donors (Lipinski definition) is 0. The summed E-state index contributed by atoms with van der Waals surface area (Å²) in [6, 6.07) is 1.92. The molecule has 108 valence electrons. The van der Waals surface area contributed by atoms with Crippen molar-refractivity contribution < 1.29 is 18.4 Å². The van der Waals surface area contributed by atoms with Gasteiger partial charge in [0.15, 0.2) is 0 Å². The van der Waals surface area contributed by atoms with Crippen molar-refractivity contribution in [2.45, 2.75) is 12.8 Å². The van der Waals surface area contributed by atoms with E-state index in [1.165, 1.54) is 11.9 Å². The summed E-state index contributed by atoms with van der Waals surface area (Å²) in [6.45, 7) is 1.30. The van der Waals surface area contributed by atoms with Crippen LogP contribution in [0.2, 0.25) is 0 Å². The molecule has 0 atom stereocenters. The maximum atomic E-state index is 13.8. The second kappa shape index (κ2) is 5.98. The topological polar surface area (TPSA) is 40.6 Å². The molecule has 20 heavy (non-hydrogen) atoms. The smallest absolute Gasteiger partial charge is 0.242 e. The number of amides is 1. The van der Waals surface area contributed by atoms with Crippen LogP contribution < -0.4 is 4.90 Å². The second-order valence-electron chi connectivity index (χ2n) is 4.89. The molecule has 0 unspecified atom stereocenters. The summed E-state index contributed by atoms with van der Waals surface area (Å²) in [5.41, 5.74) is -0.355. The Balaban J connectivity index is 2.14. The molecule has 6 heteroatoms. The fourth-order valence-corrected chi connectivity index (χ4v) is 2.37. The van der Waals surface area contributed by atoms with Crippen LogP contribution in [0.5, 0.6) is 0 Å². The molecule has 0 N–H and O–H groups in total. The highest BCUT2D eigenvalue weighted by molar-refractivity contribution is 5.82. The number of likely N-dealkylation sites (tertiary alicyclic amines) is 1. The molecule has 1 saturated heterocycles. The van der Waals surface area contributed by atoms with Gasteiger partial charge >= 0.3 is 0 Å². The van der Waals surface area contributed by atoms with Crippen LogP contribution in [-0.2, 0) is 4.79 Å². The molecule has 0 bridgehead atoms. The van der Waals surface area contributed by atoms with Crippen LogP contribution in [0, 0.1) is 11.6 Å². The average molecular weight is 282 g/mol. The van der Waals surface area contributed by atoms with E-state index in [0.29, 0.717) is 19.4 Å². The average Bonchev–Trinajstić information content (AvgIpc) is 2.91. The highest BCUT2D eigenvalue weighted by atomic mass is 19.1. The molecule has 0 spiro atoms. The van der Waals surface area contributed by atoms with E-state index in [0.717, 1.165) is 25.0 Å². The van der Waals surface area contributed by atoms with Gasteiger partial charge in [-0.1, -0.05) is 0 Å². The molecule has 1 aromatic rings. The molecule has 0 saturated carbocycles. The Morgan fingerprint density at radius 3 is 2.35 bits per heavy atom. The molecule has 1 amide bonds. The van der Waals surface area contributed by atoms with E-state index in [1.807, 2.05) is 0 Å². The Kier molecular flexibility index (Phi) is 4.32. The Morgan fingerprint density at radius 2 is 1.85 bits per heavy atom. The molecule has 1 heterocycles. The van der Waals surface area contributed by atoms with E-state index in [2.05, 4.69) is 0 Å². The van der Waals surface area contributed by atoms with Gasteiger partial charge in [0.05, 0.1) is 6.54 Å². The highest BCUT2D eigenvalue weighted by Crippen LogP contribution is 2.23. The summed E-state index contributed by atoms with van der Waals surface area (Å²) in [6.07, 6.45) is 2.31. The van der Waals surface area contributed by atoms with Crippen molar-refractivity contribution in [2.24, 2.45) is 0 Å². The van der Waals surface area contributed by atoms with Crippen LogP contribution >= 0.6 is 0 Å². The molecule has 0 aromatic heterocycles. The molecular formula is C14H16F2N2O2. The molecule has 1 aliphatic heterocycles. The number of carbonyl (C=O) groups excluding carboxylic acids is 2. The molecule has 1 aromatic carbocycles. The van der Waals surface area contributed by atoms with E-state index in [1.54, 1.807) is 4.90 Å². The minimum Gasteiger partial charge on any atom is -0.361 e. The third-order valence-corrected chi connectivity index (χ3v) is 3.39. The SMILES string of the molecule is CN(CC(=O)N1CCCC1)c1c(F)cc(C=O)cc1F. The number of likely N-dealkylation sites (N-methyl/N-ethyl adjacent to an activating group) is 1. The summed E-state index contributed by atoms with van der Waals surface area (Å²) < 4.78 is 27.6. The zero-order valence-corrected chi connectivity index (χ0v) is 11.2. The zero-order valence-electron chi connectivity index (χ0n) is 11.2. The van der Waals surface area contributed by atoms with Gasteiger partial charge in [0, 0.05) is 25.7 Å². The molecule has 1 aliphatic rings. The quantitative estimate of drug-likeness (QED) is 0.791. The van der Waals surface area contributed by atoms with Crippen molar-refractivity contribution in [1.82, 2.24) is 4.90 Å². The first-order valence-electron chi connectivity index (χ1n) is 6.46. The van der Waals surface area contributed by atoms with Crippen molar-refractivity contribution in [3.8, 4) is 0 Å². The summed E-state index contributed by atoms with van der Waals surface area (Å²) in [7, 11) is 1.45. The lowest BCUT2D eigenvalue weighted by atomic mass is 10.2. The lowest BCUT2D eigenvalue weighted by Crippen LogP contribution is -2.37. The van der Waals surface area contributed by atoms with E-state index in [9.17, 15) is 18.4 Å². The first-order valence-corrected chi connectivity index (χ1v) is 6.46. The van der Waals surface area contributed by atoms with Crippen molar-refractivity contribution in [2.75, 3.05) is 31.6 Å². The zero-order chi connectivity index (χ0) is 14.7. The largest absolute Gasteiger partial charge is 0.361 e. The molecule has 0 aliphatic carbocycles. The van der Waals surface area contributed by atoms with Gasteiger partial charge in [-0.15, -0.1) is 0 Å². The number of halogens is 2. The number of nitrogens with zero attached hydrogens (tertiary/aromatic N) is 2. The Labute approximate surface area is 116 Å². The van der Waals surface area contributed by atoms with Gasteiger partial charge in [0.2, 0.25) is 5.91 Å². The third-order valence-electron chi connectivity index (χ3n) is 3.39. The van der Waals surface area contributed by atoms with Gasteiger partial charge in [-0.3, -0.25) is 9.59 Å². The molecule has 0 radical (unpaired) electrons. The number of aldehydes is 1. The van der Waals surface area contributed by atoms with E-state index < -0.39 is 11.6 Å². The van der Waals surface area contributed by atoms with Crippen LogP contribution in [0.1, 0.15) is 23.2 Å². The lowest BCUT2D eigenvalue weighted by Gasteiger charge is -2.23. The third kappa shape index (κ3) is 2.95. The van der Waals surface area contributed by atoms with Crippen LogP contribution in [0.15, 0.2) is 12.1 Å². The maximum Gasteiger partial charge on any atom is 0.242 e. The number of benzene rings is 1. The Morgan fingerprint density at radius 1 is 1.30 bits per heavy atom. The number of anilines is 1. The van der Waals surface area contributed by atoms with E-state index in [-0.39, 0.29) is 23.7 Å². The highest BCUT2D eigenvalue weighted by Gasteiger charge is 2.22. The Hall–Kier alpha value is -1.98. The van der Waals surface area contributed by atoms with Gasteiger partial charge in [-0.25, -0.2) is 8.78 Å². The van der Waals surface area contributed by atoms with Crippen LogP contribution in [0.25, 0.3) is 0 Å². The van der Waals surface area contributed by atoms with Crippen molar-refractivity contribution in [3.05, 3.63) is 29.3 Å². The van der Waals surface area contributed by atoms with Crippen molar-refractivity contribution in [1.29, 1.82) is 0 Å². The molecule has 2 rings (SSSR count). The summed E-state index contributed by atoms with van der Waals surface area (Å²) in [5, 5.41) is 0. The lowest BCUT2D eigenvalue weighted by molar-refractivity contribution is -0.128. The number of carbonyl (C=O) groups is 2. The summed E-state index contributed by atoms with van der Waals surface area (Å²) >= 11 is 0. The number of rotatable bonds is 4. The first kappa shape index (κ1) is 14.4. The predicted molar refractivity (Wildman–Crippen MR) is 70.8 cm³/mol. The van der Waals surface area contributed by atoms with E-state index >= 15 is 0 Å². The molecule has 4 nitrogen and oxygen atoms in total. The normalized spacial score (nSPS) is 14.4. The minimum atomic E-state index is -0.844. The van der Waals surface area contributed by atoms with Gasteiger partial charge < -0.3 is 9.80 Å². The predicted octanol–water partition coefficient (Wildman–Crippen LogP) is 1.84. The van der Waals surface area contributed by atoms with E-state index in [4.69, 9.17) is 0 Å². The van der Waals surface area contributed by atoms with Gasteiger partial charge in [0.1, 0.15) is 23.6 Å². The standard InChI is InChI=1S/C14H16F2N2O2/c1-17(8-13(20)18-4-2-3-5-18)14-11(15)6-10(9-19)7-12(14)16/h6-7,9H,2-5,8H2,1H3. The number of hydrogen-bond acceptors (Lipinski definition) is 3. The monoisotopic (exact) mass is 282 g/mol. The summed E-state index contributed by atoms with van der Waals surface area (Å²) in [5.74, 6) is -1.84. The Bertz CT molecular complexity index is 505. The van der Waals surface area contributed by atoms with Crippen LogP contribution in [0.4, 0.5) is 14.5 Å². The minimum absolute atomic E-state index is 0.0666. The fraction of sp³-hybridized carbons (Fsp3) is 0.429. The van der Waals surface area contributed by atoms with Crippen molar-refractivity contribution in [3.63, 3.8) is 0 Å². The summed E-state index contributed by atoms with van der Waals surface area (Å²) in [4.78, 5) is 25.4. The van der Waals surface area contributed by atoms with Gasteiger partial charge in [-0.2, -0.15) is 0 Å². The maximum absolute atomic E-state index is 13.8. The second-order valence-corrected chi connectivity index (χ2v) is 4.89. The molecular weight excluding hydrogens is 266 g/mol. The van der Waals surface area contributed by atoms with Gasteiger partial charge in [0.25, 0.3) is 0 Å².